The minimum Gasteiger partial charge on any atom is -0.495 e. The number of benzene rings is 2. The third-order valence-electron chi connectivity index (χ3n) is 5.50. The Bertz CT molecular complexity index is 1100. The van der Waals surface area contributed by atoms with Crippen molar-refractivity contribution < 1.29 is 28.6 Å². The number of rotatable bonds is 16. The summed E-state index contributed by atoms with van der Waals surface area (Å²) in [6.07, 6.45) is 3.62. The number of nitro groups is 1. The highest BCUT2D eigenvalue weighted by atomic mass is 79.9. The summed E-state index contributed by atoms with van der Waals surface area (Å²) in [4.78, 5) is 11.2. The molecule has 0 bridgehead atoms. The Kier molecular flexibility index (Phi) is 12.5. The van der Waals surface area contributed by atoms with Gasteiger partial charge in [0.1, 0.15) is 11.5 Å². The Morgan fingerprint density at radius 2 is 1.47 bits per heavy atom. The van der Waals surface area contributed by atoms with E-state index >= 15 is 0 Å². The second-order valence-corrected chi connectivity index (χ2v) is 23.3. The normalized spacial score (nSPS) is 12.1. The standard InChI is InChI=1S/C27H40BrNO7Si2/c1-32-26-18-23(35-19-33-12-14-37(2,3)4)17-22(27(26)28)10-8-21-9-11-25(24(16-21)29(30)31)36-20-34-13-15-38(5,6)7/h8-11,16-18H,12-15,19-20H2,1-7H3/b10-8+. The summed E-state index contributed by atoms with van der Waals surface area (Å²) in [7, 11) is -0.792. The van der Waals surface area contributed by atoms with E-state index < -0.39 is 21.1 Å². The lowest BCUT2D eigenvalue weighted by Gasteiger charge is -2.16. The molecule has 2 rings (SSSR count). The zero-order valence-corrected chi connectivity index (χ0v) is 27.1. The summed E-state index contributed by atoms with van der Waals surface area (Å²) in [5.41, 5.74) is 1.32. The van der Waals surface area contributed by atoms with Crippen LogP contribution in [0.4, 0.5) is 5.69 Å². The molecule has 0 amide bonds. The van der Waals surface area contributed by atoms with Crippen LogP contribution in [-0.4, -0.2) is 55.0 Å². The Morgan fingerprint density at radius 3 is 2.03 bits per heavy atom. The first-order chi connectivity index (χ1) is 17.8. The van der Waals surface area contributed by atoms with E-state index in [1.54, 1.807) is 31.4 Å². The van der Waals surface area contributed by atoms with Gasteiger partial charge in [-0.2, -0.15) is 0 Å². The van der Waals surface area contributed by atoms with Crippen LogP contribution in [0.3, 0.4) is 0 Å². The van der Waals surface area contributed by atoms with Crippen LogP contribution in [-0.2, 0) is 9.47 Å². The number of nitrogens with zero attached hydrogens (tertiary/aromatic N) is 1. The van der Waals surface area contributed by atoms with Crippen molar-refractivity contribution in [3.63, 3.8) is 0 Å². The zero-order valence-electron chi connectivity index (χ0n) is 23.5. The SMILES string of the molecule is COc1cc(OCOCC[Si](C)(C)C)cc(/C=C/c2ccc(OCOCC[Si](C)(C)C)c([N+](=O)[O-])c2)c1Br. The van der Waals surface area contributed by atoms with Crippen molar-refractivity contribution in [2.24, 2.45) is 0 Å². The zero-order chi connectivity index (χ0) is 28.3. The first-order valence-electron chi connectivity index (χ1n) is 12.5. The molecule has 0 radical (unpaired) electrons. The van der Waals surface area contributed by atoms with Crippen LogP contribution < -0.4 is 14.2 Å². The van der Waals surface area contributed by atoms with E-state index in [4.69, 9.17) is 23.7 Å². The van der Waals surface area contributed by atoms with Crippen molar-refractivity contribution in [3.8, 4) is 17.2 Å². The molecule has 0 N–H and O–H groups in total. The number of ether oxygens (including phenoxy) is 5. The molecular weight excluding hydrogens is 586 g/mol. The van der Waals surface area contributed by atoms with Crippen molar-refractivity contribution in [1.82, 2.24) is 0 Å². The van der Waals surface area contributed by atoms with Gasteiger partial charge >= 0.3 is 5.69 Å². The maximum atomic E-state index is 11.7. The molecule has 0 aromatic heterocycles. The Labute approximate surface area is 236 Å². The molecule has 0 spiro atoms. The van der Waals surface area contributed by atoms with Crippen LogP contribution in [0.5, 0.6) is 17.2 Å². The van der Waals surface area contributed by atoms with Crippen LogP contribution in [0.25, 0.3) is 12.2 Å². The lowest BCUT2D eigenvalue weighted by atomic mass is 10.1. The van der Waals surface area contributed by atoms with Gasteiger partial charge in [-0.3, -0.25) is 10.1 Å². The highest BCUT2D eigenvalue weighted by Gasteiger charge is 2.17. The van der Waals surface area contributed by atoms with Gasteiger partial charge in [-0.25, -0.2) is 0 Å². The van der Waals surface area contributed by atoms with Crippen molar-refractivity contribution in [2.75, 3.05) is 33.9 Å². The molecule has 210 valence electrons. The van der Waals surface area contributed by atoms with Gasteiger partial charge in [0, 0.05) is 41.5 Å². The smallest absolute Gasteiger partial charge is 0.311 e. The lowest BCUT2D eigenvalue weighted by molar-refractivity contribution is -0.386. The molecule has 8 nitrogen and oxygen atoms in total. The molecule has 0 aliphatic carbocycles. The second kappa shape index (κ2) is 14.8. The topological polar surface area (TPSA) is 89.3 Å². The van der Waals surface area contributed by atoms with E-state index in [0.717, 1.165) is 22.1 Å². The fourth-order valence-electron chi connectivity index (χ4n) is 3.12. The molecule has 0 aliphatic rings. The summed E-state index contributed by atoms with van der Waals surface area (Å²) in [5.74, 6) is 1.38. The van der Waals surface area contributed by atoms with E-state index in [-0.39, 0.29) is 25.0 Å². The van der Waals surface area contributed by atoms with Gasteiger partial charge in [-0.05, 0) is 51.3 Å². The van der Waals surface area contributed by atoms with E-state index in [1.807, 2.05) is 12.1 Å². The van der Waals surface area contributed by atoms with E-state index in [9.17, 15) is 10.1 Å². The van der Waals surface area contributed by atoms with Gasteiger partial charge in [0.05, 0.1) is 16.5 Å². The number of hydrogen-bond acceptors (Lipinski definition) is 7. The van der Waals surface area contributed by atoms with Crippen LogP contribution in [0, 0.1) is 10.1 Å². The summed E-state index contributed by atoms with van der Waals surface area (Å²) in [6, 6.07) is 10.5. The molecule has 0 saturated heterocycles. The monoisotopic (exact) mass is 625 g/mol. The summed E-state index contributed by atoms with van der Waals surface area (Å²) >= 11 is 3.57. The average Bonchev–Trinajstić information content (AvgIpc) is 2.82. The van der Waals surface area contributed by atoms with Crippen LogP contribution >= 0.6 is 15.9 Å². The number of nitro benzene ring substituents is 1. The molecule has 0 saturated carbocycles. The van der Waals surface area contributed by atoms with Crippen LogP contribution in [0.2, 0.25) is 51.4 Å². The van der Waals surface area contributed by atoms with Gasteiger partial charge in [0.25, 0.3) is 0 Å². The molecule has 2 aromatic rings. The fraction of sp³-hybridized carbons (Fsp3) is 0.481. The van der Waals surface area contributed by atoms with Gasteiger partial charge in [-0.15, -0.1) is 0 Å². The van der Waals surface area contributed by atoms with E-state index in [1.165, 1.54) is 6.07 Å². The minimum atomic E-state index is -1.21. The molecule has 2 aromatic carbocycles. The minimum absolute atomic E-state index is 0.0259. The summed E-state index contributed by atoms with van der Waals surface area (Å²) in [6.45, 7) is 15.1. The maximum Gasteiger partial charge on any atom is 0.311 e. The summed E-state index contributed by atoms with van der Waals surface area (Å²) < 4.78 is 28.7. The third-order valence-corrected chi connectivity index (χ3v) is 9.75. The molecule has 0 fully saturated rings. The molecule has 0 atom stereocenters. The van der Waals surface area contributed by atoms with Crippen LogP contribution in [0.15, 0.2) is 34.8 Å². The first-order valence-corrected chi connectivity index (χ1v) is 20.7. The van der Waals surface area contributed by atoms with Gasteiger partial charge in [0.2, 0.25) is 0 Å². The predicted octanol–water partition coefficient (Wildman–Crippen LogP) is 7.92. The van der Waals surface area contributed by atoms with Gasteiger partial charge < -0.3 is 23.7 Å². The molecule has 0 unspecified atom stereocenters. The number of halogens is 1. The first kappa shape index (κ1) is 32.0. The predicted molar refractivity (Wildman–Crippen MR) is 162 cm³/mol. The van der Waals surface area contributed by atoms with Gasteiger partial charge in [0.15, 0.2) is 19.3 Å². The van der Waals surface area contributed by atoms with Crippen molar-refractivity contribution in [2.45, 2.75) is 51.4 Å². The third kappa shape index (κ3) is 11.7. The fourth-order valence-corrected chi connectivity index (χ4v) is 5.16. The lowest BCUT2D eigenvalue weighted by Crippen LogP contribution is -2.22. The highest BCUT2D eigenvalue weighted by Crippen LogP contribution is 2.35. The maximum absolute atomic E-state index is 11.7. The van der Waals surface area contributed by atoms with Crippen LogP contribution in [0.1, 0.15) is 11.1 Å². The Balaban J connectivity index is 2.10. The van der Waals surface area contributed by atoms with E-state index in [2.05, 4.69) is 55.2 Å². The van der Waals surface area contributed by atoms with Crippen molar-refractivity contribution >= 4 is 49.9 Å². The summed E-state index contributed by atoms with van der Waals surface area (Å²) in [5, 5.41) is 11.7. The molecule has 0 aliphatic heterocycles. The number of methoxy groups -OCH3 is 1. The second-order valence-electron chi connectivity index (χ2n) is 11.3. The van der Waals surface area contributed by atoms with E-state index in [0.29, 0.717) is 30.3 Å². The average molecular weight is 627 g/mol. The molecule has 0 heterocycles. The highest BCUT2D eigenvalue weighted by molar-refractivity contribution is 9.10. The Morgan fingerprint density at radius 1 is 0.868 bits per heavy atom. The van der Waals surface area contributed by atoms with Crippen molar-refractivity contribution in [1.29, 1.82) is 0 Å². The molecule has 11 heteroatoms. The molecule has 38 heavy (non-hydrogen) atoms. The largest absolute Gasteiger partial charge is 0.495 e. The number of hydrogen-bond donors (Lipinski definition) is 0. The van der Waals surface area contributed by atoms with Gasteiger partial charge in [-0.1, -0.05) is 57.5 Å². The quantitative estimate of drug-likeness (QED) is 0.0467. The Hall–Kier alpha value is -2.19. The molecular formula is C27H40BrNO7Si2. The van der Waals surface area contributed by atoms with Crippen molar-refractivity contribution in [3.05, 3.63) is 56.0 Å².